The van der Waals surface area contributed by atoms with Crippen molar-refractivity contribution in [3.63, 3.8) is 0 Å². The van der Waals surface area contributed by atoms with Crippen LogP contribution in [0.5, 0.6) is 17.2 Å². The first-order valence-electron chi connectivity index (χ1n) is 24.6. The molecule has 0 spiro atoms. The minimum atomic E-state index is -0.468. The Labute approximate surface area is 426 Å². The fourth-order valence-electron chi connectivity index (χ4n) is 9.43. The van der Waals surface area contributed by atoms with E-state index in [-0.39, 0.29) is 27.1 Å². The van der Waals surface area contributed by atoms with Crippen LogP contribution in [-0.2, 0) is 11.2 Å². The molecule has 0 amide bonds. The zero-order chi connectivity index (χ0) is 50.3. The van der Waals surface area contributed by atoms with Gasteiger partial charge in [0.15, 0.2) is 11.5 Å². The highest BCUT2D eigenvalue weighted by molar-refractivity contribution is 6.31. The summed E-state index contributed by atoms with van der Waals surface area (Å²) in [6.07, 6.45) is 8.17. The van der Waals surface area contributed by atoms with E-state index in [1.165, 1.54) is 69.9 Å². The lowest BCUT2D eigenvalue weighted by Gasteiger charge is -2.46. The molecule has 0 radical (unpaired) electrons. The lowest BCUT2D eigenvalue weighted by molar-refractivity contribution is 0.0234. The highest BCUT2D eigenvalue weighted by atomic mass is 35.5. The molecule has 9 rings (SSSR count). The number of piperidine rings is 1. The number of hydrogen-bond donors (Lipinski definition) is 2. The number of benzene rings is 4. The molecule has 0 saturated carbocycles. The lowest BCUT2D eigenvalue weighted by atomic mass is 9.87. The van der Waals surface area contributed by atoms with Gasteiger partial charge in [0.25, 0.3) is 0 Å². The van der Waals surface area contributed by atoms with Gasteiger partial charge in [-0.15, -0.1) is 0 Å². The quantitative estimate of drug-likeness (QED) is 0.101. The molecule has 1 unspecified atom stereocenters. The molecule has 380 valence electrons. The zero-order valence-corrected chi connectivity index (χ0v) is 43.5. The molecule has 0 aliphatic carbocycles. The van der Waals surface area contributed by atoms with Crippen molar-refractivity contribution in [2.45, 2.75) is 91.3 Å². The number of hydrogen-bond acceptors (Lipinski definition) is 13. The summed E-state index contributed by atoms with van der Waals surface area (Å²) in [6, 6.07) is 17.5. The summed E-state index contributed by atoms with van der Waals surface area (Å²) >= 11 is 11.9. The maximum absolute atomic E-state index is 13.6. The monoisotopic (exact) mass is 1010 g/mol. The van der Waals surface area contributed by atoms with E-state index in [0.717, 1.165) is 73.1 Å². The highest BCUT2D eigenvalue weighted by Gasteiger charge is 2.31. The van der Waals surface area contributed by atoms with Gasteiger partial charge in [-0.25, -0.2) is 28.7 Å². The highest BCUT2D eigenvalue weighted by Crippen LogP contribution is 2.37. The molecule has 13 nitrogen and oxygen atoms in total. The third-order valence-electron chi connectivity index (χ3n) is 13.2. The summed E-state index contributed by atoms with van der Waals surface area (Å²) in [6.45, 7) is 23.5. The Morgan fingerprint density at radius 1 is 0.704 bits per heavy atom. The summed E-state index contributed by atoms with van der Waals surface area (Å²) in [5, 5.41) is 8.19. The van der Waals surface area contributed by atoms with Gasteiger partial charge in [0, 0.05) is 85.0 Å². The summed E-state index contributed by atoms with van der Waals surface area (Å²) < 4.78 is 50.7. The lowest BCUT2D eigenvalue weighted by Crippen LogP contribution is -2.57. The SMILES string of the molecule is CC(C)(C)Cc1cc2c(Nc3ccc(F)c(Cl)c3)ncnc2cc1OC1CCOC1.COc1cc2ncnc(Nc3ccc(F)c(Cl)c3)c2cc1OCCCN1CCC(N2CCN(C(C)(C)C)CC2)CC1. The Kier molecular flexibility index (Phi) is 17.0. The van der Waals surface area contributed by atoms with Crippen LogP contribution in [0.1, 0.15) is 72.8 Å². The van der Waals surface area contributed by atoms with E-state index in [4.69, 9.17) is 42.1 Å². The van der Waals surface area contributed by atoms with E-state index in [1.54, 1.807) is 25.3 Å². The van der Waals surface area contributed by atoms with Gasteiger partial charge in [0.2, 0.25) is 0 Å². The number of rotatable bonds is 14. The standard InChI is InChI=1S/C31H42ClFN6O2.C23H25ClFN3O2/c1-31(2,3)39-15-13-38(14-16-39)23-8-11-37(12-9-23)10-5-17-41-29-19-24-27(20-28(29)40-4)34-21-35-30(24)36-22-6-7-26(33)25(32)18-22;1-23(2,3)11-14-8-17-20(10-21(14)30-16-6-7-29-12-16)26-13-27-22(17)28-15-4-5-19(25)18(24)9-15/h6-7,18-21,23H,5,8-17H2,1-4H3,(H,34,35,36);4-5,8-10,13,16H,6-7,11-12H2,1-3H3,(H,26,27,28). The van der Waals surface area contributed by atoms with E-state index in [1.807, 2.05) is 18.2 Å². The molecule has 5 heterocycles. The van der Waals surface area contributed by atoms with Gasteiger partial charge in [-0.3, -0.25) is 9.80 Å². The largest absolute Gasteiger partial charge is 0.493 e. The third-order valence-corrected chi connectivity index (χ3v) is 13.8. The van der Waals surface area contributed by atoms with Crippen LogP contribution in [0.15, 0.2) is 73.3 Å². The molecule has 17 heteroatoms. The van der Waals surface area contributed by atoms with Crippen LogP contribution in [0.25, 0.3) is 21.8 Å². The molecule has 0 bridgehead atoms. The Morgan fingerprint density at radius 3 is 1.83 bits per heavy atom. The van der Waals surface area contributed by atoms with Crippen molar-refractivity contribution >= 4 is 68.0 Å². The van der Waals surface area contributed by atoms with Crippen molar-refractivity contribution in [2.75, 3.05) is 83.4 Å². The number of methoxy groups -OCH3 is 1. The first kappa shape index (κ1) is 52.2. The second kappa shape index (κ2) is 23.2. The van der Waals surface area contributed by atoms with Crippen molar-refractivity contribution in [2.24, 2.45) is 5.41 Å². The second-order valence-electron chi connectivity index (χ2n) is 20.8. The fraction of sp³-hybridized carbons (Fsp3) is 0.481. The van der Waals surface area contributed by atoms with Crippen LogP contribution in [0, 0.1) is 17.0 Å². The Bertz CT molecular complexity index is 2750. The van der Waals surface area contributed by atoms with Crippen LogP contribution < -0.4 is 24.8 Å². The number of anilines is 4. The predicted molar refractivity (Wildman–Crippen MR) is 280 cm³/mol. The number of nitrogens with one attached hydrogen (secondary N) is 2. The van der Waals surface area contributed by atoms with E-state index >= 15 is 0 Å². The topological polar surface area (TPSA) is 122 Å². The zero-order valence-electron chi connectivity index (χ0n) is 42.0. The normalized spacial score (nSPS) is 17.5. The maximum atomic E-state index is 13.6. The number of nitrogens with zero attached hydrogens (tertiary/aromatic N) is 7. The summed E-state index contributed by atoms with van der Waals surface area (Å²) in [5.74, 6) is 2.38. The van der Waals surface area contributed by atoms with Gasteiger partial charge in [0.05, 0.1) is 48.0 Å². The molecule has 4 aromatic carbocycles. The third kappa shape index (κ3) is 13.9. The molecule has 1 atom stereocenters. The summed E-state index contributed by atoms with van der Waals surface area (Å²) in [7, 11) is 1.63. The molecule has 2 aromatic heterocycles. The van der Waals surface area contributed by atoms with Gasteiger partial charge >= 0.3 is 0 Å². The molecular weight excluding hydrogens is 948 g/mol. The van der Waals surface area contributed by atoms with Gasteiger partial charge in [0.1, 0.15) is 47.8 Å². The minimum Gasteiger partial charge on any atom is -0.493 e. The van der Waals surface area contributed by atoms with Crippen LogP contribution >= 0.6 is 23.2 Å². The van der Waals surface area contributed by atoms with Crippen molar-refractivity contribution in [1.82, 2.24) is 34.6 Å². The van der Waals surface area contributed by atoms with Gasteiger partial charge < -0.3 is 34.5 Å². The van der Waals surface area contributed by atoms with Gasteiger partial charge in [-0.1, -0.05) is 44.0 Å². The fourth-order valence-corrected chi connectivity index (χ4v) is 9.79. The average molecular weight is 1020 g/mol. The Hall–Kier alpha value is -5.16. The number of piperazine rings is 1. The van der Waals surface area contributed by atoms with Crippen LogP contribution in [0.3, 0.4) is 0 Å². The number of likely N-dealkylation sites (tertiary alicyclic amines) is 1. The van der Waals surface area contributed by atoms with Crippen molar-refractivity contribution < 1.29 is 27.7 Å². The van der Waals surface area contributed by atoms with Crippen molar-refractivity contribution in [3.8, 4) is 17.2 Å². The summed E-state index contributed by atoms with van der Waals surface area (Å²) in [4.78, 5) is 25.5. The number of aromatic nitrogens is 4. The van der Waals surface area contributed by atoms with E-state index in [0.29, 0.717) is 59.3 Å². The van der Waals surface area contributed by atoms with Crippen LogP contribution in [0.4, 0.5) is 31.8 Å². The first-order chi connectivity index (χ1) is 34.0. The molecule has 6 aromatic rings. The molecular formula is C54H67Cl2F2N9O4. The minimum absolute atomic E-state index is 0.0437. The number of ether oxygens (including phenoxy) is 4. The molecule has 2 N–H and O–H groups in total. The summed E-state index contributed by atoms with van der Waals surface area (Å²) in [5.41, 5.74) is 4.20. The van der Waals surface area contributed by atoms with E-state index in [9.17, 15) is 8.78 Å². The smallest absolute Gasteiger partial charge is 0.162 e. The molecule has 3 fully saturated rings. The molecule has 71 heavy (non-hydrogen) atoms. The molecule has 3 aliphatic rings. The van der Waals surface area contributed by atoms with Gasteiger partial charge in [-0.2, -0.15) is 0 Å². The Balaban J connectivity index is 0.000000200. The van der Waals surface area contributed by atoms with E-state index in [2.05, 4.69) is 92.9 Å². The first-order valence-corrected chi connectivity index (χ1v) is 25.4. The average Bonchev–Trinajstić information content (AvgIpc) is 3.86. The van der Waals surface area contributed by atoms with Gasteiger partial charge in [-0.05, 0) is 119 Å². The second-order valence-corrected chi connectivity index (χ2v) is 21.6. The molecule has 3 saturated heterocycles. The van der Waals surface area contributed by atoms with Crippen LogP contribution in [0.2, 0.25) is 10.0 Å². The predicted octanol–water partition coefficient (Wildman–Crippen LogP) is 11.7. The Morgan fingerprint density at radius 2 is 1.30 bits per heavy atom. The maximum Gasteiger partial charge on any atom is 0.162 e. The van der Waals surface area contributed by atoms with Crippen molar-refractivity contribution in [3.05, 3.63) is 101 Å². The van der Waals surface area contributed by atoms with Crippen LogP contribution in [-0.4, -0.2) is 125 Å². The van der Waals surface area contributed by atoms with Crippen molar-refractivity contribution in [1.29, 1.82) is 0 Å². The number of fused-ring (bicyclic) bond motifs is 2. The number of halogens is 4. The van der Waals surface area contributed by atoms with E-state index < -0.39 is 11.6 Å². The molecule has 3 aliphatic heterocycles.